The molecule has 13 heavy (non-hydrogen) atoms. The fraction of sp³-hybridized carbons (Fsp3) is 0.400. The second-order valence-electron chi connectivity index (χ2n) is 3.23. The van der Waals surface area contributed by atoms with Crippen LogP contribution in [-0.4, -0.2) is 5.75 Å². The van der Waals surface area contributed by atoms with E-state index in [-0.39, 0.29) is 5.82 Å². The molecule has 0 aliphatic carbocycles. The summed E-state index contributed by atoms with van der Waals surface area (Å²) in [6.07, 6.45) is 0.745. The summed E-state index contributed by atoms with van der Waals surface area (Å²) in [4.78, 5) is 0. The Morgan fingerprint density at radius 3 is 2.85 bits per heavy atom. The van der Waals surface area contributed by atoms with Crippen LogP contribution in [0.25, 0.3) is 0 Å². The van der Waals surface area contributed by atoms with E-state index in [1.54, 1.807) is 6.07 Å². The summed E-state index contributed by atoms with van der Waals surface area (Å²) in [5, 5.41) is 0. The predicted octanol–water partition coefficient (Wildman–Crippen LogP) is 3.70. The fourth-order valence-corrected chi connectivity index (χ4v) is 1.68. The van der Waals surface area contributed by atoms with E-state index in [1.807, 2.05) is 6.07 Å². The summed E-state index contributed by atoms with van der Waals surface area (Å²) in [5.41, 5.74) is 0.760. The quantitative estimate of drug-likeness (QED) is 0.790. The second-order valence-corrected chi connectivity index (χ2v) is 4.51. The SMILES string of the molecule is CC(CS)Cc1cc(Br)ccc1F. The van der Waals surface area contributed by atoms with Gasteiger partial charge in [0.2, 0.25) is 0 Å². The van der Waals surface area contributed by atoms with Crippen molar-refractivity contribution in [3.05, 3.63) is 34.1 Å². The standard InChI is InChI=1S/C10H12BrFS/c1-7(6-13)4-8-5-9(11)2-3-10(8)12/h2-3,5,7,13H,4,6H2,1H3. The van der Waals surface area contributed by atoms with Crippen molar-refractivity contribution >= 4 is 28.6 Å². The van der Waals surface area contributed by atoms with Crippen LogP contribution in [0.3, 0.4) is 0 Å². The van der Waals surface area contributed by atoms with Gasteiger partial charge in [0.15, 0.2) is 0 Å². The first-order chi connectivity index (χ1) is 6.13. The minimum atomic E-state index is -0.128. The summed E-state index contributed by atoms with van der Waals surface area (Å²) >= 11 is 7.49. The molecule has 0 saturated carbocycles. The molecule has 0 aromatic heterocycles. The molecule has 0 spiro atoms. The van der Waals surface area contributed by atoms with Crippen molar-refractivity contribution in [1.82, 2.24) is 0 Å². The van der Waals surface area contributed by atoms with E-state index in [0.717, 1.165) is 22.2 Å². The summed E-state index contributed by atoms with van der Waals surface area (Å²) in [7, 11) is 0. The molecule has 1 aromatic carbocycles. The number of hydrogen-bond donors (Lipinski definition) is 1. The fourth-order valence-electron chi connectivity index (χ4n) is 1.14. The van der Waals surface area contributed by atoms with Crippen molar-refractivity contribution in [3.63, 3.8) is 0 Å². The Hall–Kier alpha value is -0.0200. The van der Waals surface area contributed by atoms with E-state index in [9.17, 15) is 4.39 Å². The van der Waals surface area contributed by atoms with Gasteiger partial charge in [-0.25, -0.2) is 4.39 Å². The minimum absolute atomic E-state index is 0.128. The highest BCUT2D eigenvalue weighted by atomic mass is 79.9. The van der Waals surface area contributed by atoms with Gasteiger partial charge in [-0.05, 0) is 41.9 Å². The molecule has 0 heterocycles. The Morgan fingerprint density at radius 1 is 1.54 bits per heavy atom. The van der Waals surface area contributed by atoms with E-state index in [0.29, 0.717) is 5.92 Å². The predicted molar refractivity (Wildman–Crippen MR) is 60.8 cm³/mol. The lowest BCUT2D eigenvalue weighted by Gasteiger charge is -2.08. The third-order valence-corrected chi connectivity index (χ3v) is 3.00. The molecule has 0 fully saturated rings. The number of thiol groups is 1. The van der Waals surface area contributed by atoms with Gasteiger partial charge in [-0.2, -0.15) is 12.6 Å². The molecule has 3 heteroatoms. The lowest BCUT2D eigenvalue weighted by Crippen LogP contribution is -2.03. The lowest BCUT2D eigenvalue weighted by atomic mass is 10.0. The molecule has 0 nitrogen and oxygen atoms in total. The topological polar surface area (TPSA) is 0 Å². The molecule has 1 rings (SSSR count). The van der Waals surface area contributed by atoms with E-state index < -0.39 is 0 Å². The first kappa shape index (κ1) is 11.1. The molecule has 1 unspecified atom stereocenters. The average molecular weight is 263 g/mol. The van der Waals surface area contributed by atoms with Crippen LogP contribution in [0.1, 0.15) is 12.5 Å². The Labute approximate surface area is 92.1 Å². The molecular formula is C10H12BrFS. The highest BCUT2D eigenvalue weighted by Gasteiger charge is 2.06. The van der Waals surface area contributed by atoms with Gasteiger partial charge in [0.1, 0.15) is 5.82 Å². The molecule has 0 radical (unpaired) electrons. The van der Waals surface area contributed by atoms with Crippen LogP contribution in [-0.2, 0) is 6.42 Å². The van der Waals surface area contributed by atoms with Crippen molar-refractivity contribution in [2.75, 3.05) is 5.75 Å². The number of rotatable bonds is 3. The third-order valence-electron chi connectivity index (χ3n) is 1.89. The van der Waals surface area contributed by atoms with Crippen molar-refractivity contribution in [3.8, 4) is 0 Å². The zero-order valence-corrected chi connectivity index (χ0v) is 9.91. The number of hydrogen-bond acceptors (Lipinski definition) is 1. The van der Waals surface area contributed by atoms with Crippen LogP contribution in [0, 0.1) is 11.7 Å². The van der Waals surface area contributed by atoms with Gasteiger partial charge in [0.05, 0.1) is 0 Å². The Bertz CT molecular complexity index is 288. The van der Waals surface area contributed by atoms with Gasteiger partial charge in [-0.15, -0.1) is 0 Å². The first-order valence-electron chi connectivity index (χ1n) is 4.18. The van der Waals surface area contributed by atoms with Crippen molar-refractivity contribution in [2.24, 2.45) is 5.92 Å². The van der Waals surface area contributed by atoms with Crippen molar-refractivity contribution < 1.29 is 4.39 Å². The molecule has 0 saturated heterocycles. The van der Waals surface area contributed by atoms with Crippen LogP contribution in [0.15, 0.2) is 22.7 Å². The highest BCUT2D eigenvalue weighted by molar-refractivity contribution is 9.10. The summed E-state index contributed by atoms with van der Waals surface area (Å²) in [6, 6.07) is 5.03. The Kier molecular flexibility index (Phi) is 4.26. The molecular weight excluding hydrogens is 251 g/mol. The van der Waals surface area contributed by atoms with Gasteiger partial charge < -0.3 is 0 Å². The van der Waals surface area contributed by atoms with E-state index in [2.05, 4.69) is 35.5 Å². The summed E-state index contributed by atoms with van der Waals surface area (Å²) < 4.78 is 14.1. The van der Waals surface area contributed by atoms with Gasteiger partial charge >= 0.3 is 0 Å². The van der Waals surface area contributed by atoms with Gasteiger partial charge in [-0.3, -0.25) is 0 Å². The number of benzene rings is 1. The Balaban J connectivity index is 2.81. The molecule has 1 atom stereocenters. The maximum atomic E-state index is 13.2. The zero-order valence-electron chi connectivity index (χ0n) is 7.43. The lowest BCUT2D eigenvalue weighted by molar-refractivity contribution is 0.578. The van der Waals surface area contributed by atoms with Crippen molar-refractivity contribution in [2.45, 2.75) is 13.3 Å². The molecule has 0 N–H and O–H groups in total. The molecule has 72 valence electrons. The molecule has 1 aromatic rings. The van der Waals surface area contributed by atoms with Crippen LogP contribution < -0.4 is 0 Å². The minimum Gasteiger partial charge on any atom is -0.207 e. The smallest absolute Gasteiger partial charge is 0.126 e. The molecule has 0 aliphatic rings. The average Bonchev–Trinajstić information content (AvgIpc) is 2.11. The normalized spacial score (nSPS) is 12.9. The van der Waals surface area contributed by atoms with Gasteiger partial charge in [-0.1, -0.05) is 22.9 Å². The van der Waals surface area contributed by atoms with Crippen LogP contribution in [0.5, 0.6) is 0 Å². The van der Waals surface area contributed by atoms with Crippen LogP contribution in [0.4, 0.5) is 4.39 Å². The Morgan fingerprint density at radius 2 is 2.23 bits per heavy atom. The third kappa shape index (κ3) is 3.31. The van der Waals surface area contributed by atoms with Gasteiger partial charge in [0, 0.05) is 4.47 Å². The highest BCUT2D eigenvalue weighted by Crippen LogP contribution is 2.18. The van der Waals surface area contributed by atoms with Crippen LogP contribution >= 0.6 is 28.6 Å². The van der Waals surface area contributed by atoms with E-state index >= 15 is 0 Å². The van der Waals surface area contributed by atoms with Crippen LogP contribution in [0.2, 0.25) is 0 Å². The monoisotopic (exact) mass is 262 g/mol. The van der Waals surface area contributed by atoms with Crippen molar-refractivity contribution in [1.29, 1.82) is 0 Å². The first-order valence-corrected chi connectivity index (χ1v) is 5.61. The molecule has 0 amide bonds. The maximum Gasteiger partial charge on any atom is 0.126 e. The number of halogens is 2. The summed E-state index contributed by atoms with van der Waals surface area (Å²) in [6.45, 7) is 2.06. The summed E-state index contributed by atoms with van der Waals surface area (Å²) in [5.74, 6) is 1.07. The largest absolute Gasteiger partial charge is 0.207 e. The molecule has 0 bridgehead atoms. The van der Waals surface area contributed by atoms with Gasteiger partial charge in [0.25, 0.3) is 0 Å². The maximum absolute atomic E-state index is 13.2. The molecule has 0 aliphatic heterocycles. The zero-order chi connectivity index (χ0) is 9.84. The second kappa shape index (κ2) is 5.01. The van der Waals surface area contributed by atoms with E-state index in [1.165, 1.54) is 6.07 Å². The van der Waals surface area contributed by atoms with E-state index in [4.69, 9.17) is 0 Å².